The lowest BCUT2D eigenvalue weighted by molar-refractivity contribution is 1.06. The number of rotatable bonds is 0. The molecule has 1 heterocycles. The van der Waals surface area contributed by atoms with E-state index in [-0.39, 0.29) is 0 Å². The first-order valence-corrected chi connectivity index (χ1v) is 6.44. The molecular formula is C15H12BrN. The molecule has 0 saturated carbocycles. The number of aryl methyl sites for hydroxylation is 1. The van der Waals surface area contributed by atoms with Crippen molar-refractivity contribution in [2.45, 2.75) is 13.3 Å². The van der Waals surface area contributed by atoms with Crippen molar-refractivity contribution in [1.82, 2.24) is 4.98 Å². The lowest BCUT2D eigenvalue weighted by atomic mass is 10.0. The molecule has 1 nitrogen and oxygen atoms in total. The number of hydrogen-bond acceptors (Lipinski definition) is 1. The standard InChI is InChI=1S/C15H12BrN/c1-10-2-3-12-8-15-13(5-4-11(12)6-10)7-14(16)9-17-15/h2-7,9H,8H2,1H3. The Morgan fingerprint density at radius 2 is 1.94 bits per heavy atom. The van der Waals surface area contributed by atoms with Crippen LogP contribution in [0.5, 0.6) is 0 Å². The first-order chi connectivity index (χ1) is 8.22. The summed E-state index contributed by atoms with van der Waals surface area (Å²) in [5.41, 5.74) is 6.30. The summed E-state index contributed by atoms with van der Waals surface area (Å²) in [5, 5.41) is 0. The molecule has 0 saturated heterocycles. The van der Waals surface area contributed by atoms with Crippen LogP contribution in [-0.4, -0.2) is 4.98 Å². The minimum atomic E-state index is 0.908. The summed E-state index contributed by atoms with van der Waals surface area (Å²) in [6.07, 6.45) is 7.11. The fraction of sp³-hybridized carbons (Fsp3) is 0.133. The Hall–Kier alpha value is -1.41. The molecule has 0 spiro atoms. The zero-order valence-electron chi connectivity index (χ0n) is 9.57. The van der Waals surface area contributed by atoms with Gasteiger partial charge in [0.1, 0.15) is 0 Å². The van der Waals surface area contributed by atoms with Crippen molar-refractivity contribution in [3.05, 3.63) is 62.9 Å². The Balaban J connectivity index is 2.16. The van der Waals surface area contributed by atoms with Gasteiger partial charge in [-0.3, -0.25) is 4.98 Å². The van der Waals surface area contributed by atoms with Crippen LogP contribution in [0, 0.1) is 6.92 Å². The van der Waals surface area contributed by atoms with Gasteiger partial charge in [0, 0.05) is 17.1 Å². The van der Waals surface area contributed by atoms with Gasteiger partial charge < -0.3 is 0 Å². The molecule has 1 aromatic carbocycles. The smallest absolute Gasteiger partial charge is 0.0520 e. The maximum Gasteiger partial charge on any atom is 0.0520 e. The number of pyridine rings is 1. The normalized spacial score (nSPS) is 12.8. The van der Waals surface area contributed by atoms with E-state index in [1.807, 2.05) is 6.20 Å². The van der Waals surface area contributed by atoms with Gasteiger partial charge in [-0.1, -0.05) is 35.9 Å². The summed E-state index contributed by atoms with van der Waals surface area (Å²) in [6, 6.07) is 8.72. The molecule has 0 bridgehead atoms. The van der Waals surface area contributed by atoms with Crippen molar-refractivity contribution in [1.29, 1.82) is 0 Å². The first-order valence-electron chi connectivity index (χ1n) is 5.64. The van der Waals surface area contributed by atoms with Crippen molar-refractivity contribution in [3.8, 4) is 0 Å². The van der Waals surface area contributed by atoms with E-state index in [9.17, 15) is 0 Å². The molecule has 3 rings (SSSR count). The molecule has 84 valence electrons. The van der Waals surface area contributed by atoms with Crippen LogP contribution in [-0.2, 0) is 6.42 Å². The van der Waals surface area contributed by atoms with E-state index < -0.39 is 0 Å². The summed E-state index contributed by atoms with van der Waals surface area (Å²) in [4.78, 5) is 4.50. The van der Waals surface area contributed by atoms with Crippen molar-refractivity contribution < 1.29 is 0 Å². The van der Waals surface area contributed by atoms with Gasteiger partial charge in [-0.2, -0.15) is 0 Å². The van der Waals surface area contributed by atoms with Gasteiger partial charge in [0.2, 0.25) is 0 Å². The van der Waals surface area contributed by atoms with E-state index in [2.05, 4.69) is 64.3 Å². The van der Waals surface area contributed by atoms with Gasteiger partial charge >= 0.3 is 0 Å². The van der Waals surface area contributed by atoms with Crippen molar-refractivity contribution >= 4 is 28.1 Å². The second-order valence-electron chi connectivity index (χ2n) is 4.40. The van der Waals surface area contributed by atoms with Crippen molar-refractivity contribution in [3.63, 3.8) is 0 Å². The summed E-state index contributed by atoms with van der Waals surface area (Å²) < 4.78 is 1.03. The van der Waals surface area contributed by atoms with Crippen LogP contribution in [0.25, 0.3) is 12.2 Å². The van der Waals surface area contributed by atoms with E-state index in [0.29, 0.717) is 0 Å². The Morgan fingerprint density at radius 3 is 2.82 bits per heavy atom. The van der Waals surface area contributed by atoms with Gasteiger partial charge in [-0.25, -0.2) is 0 Å². The molecule has 0 aliphatic heterocycles. The predicted molar refractivity (Wildman–Crippen MR) is 74.9 cm³/mol. The third-order valence-corrected chi connectivity index (χ3v) is 3.51. The van der Waals surface area contributed by atoms with Crippen LogP contribution in [0.4, 0.5) is 0 Å². The maximum absolute atomic E-state index is 4.50. The fourth-order valence-corrected chi connectivity index (χ4v) is 2.51. The second-order valence-corrected chi connectivity index (χ2v) is 5.32. The van der Waals surface area contributed by atoms with E-state index in [1.165, 1.54) is 22.3 Å². The zero-order valence-corrected chi connectivity index (χ0v) is 11.2. The Bertz CT molecular complexity index is 561. The quantitative estimate of drug-likeness (QED) is 0.602. The van der Waals surface area contributed by atoms with E-state index in [4.69, 9.17) is 0 Å². The van der Waals surface area contributed by atoms with Crippen LogP contribution in [0.1, 0.15) is 27.9 Å². The molecule has 0 N–H and O–H groups in total. The first kappa shape index (κ1) is 10.7. The third kappa shape index (κ3) is 2.05. The number of fused-ring (bicyclic) bond motifs is 2. The van der Waals surface area contributed by atoms with Gasteiger partial charge in [-0.15, -0.1) is 0 Å². The van der Waals surface area contributed by atoms with Gasteiger partial charge in [0.15, 0.2) is 0 Å². The minimum Gasteiger partial charge on any atom is -0.259 e. The minimum absolute atomic E-state index is 0.908. The molecule has 2 heteroatoms. The van der Waals surface area contributed by atoms with Gasteiger partial charge in [-0.05, 0) is 45.6 Å². The fourth-order valence-electron chi connectivity index (χ4n) is 2.17. The highest BCUT2D eigenvalue weighted by Crippen LogP contribution is 2.25. The molecular weight excluding hydrogens is 274 g/mol. The molecule has 0 amide bonds. The second kappa shape index (κ2) is 4.11. The Morgan fingerprint density at radius 1 is 1.12 bits per heavy atom. The number of hydrogen-bond donors (Lipinski definition) is 0. The summed E-state index contributed by atoms with van der Waals surface area (Å²) in [5.74, 6) is 0. The molecule has 0 atom stereocenters. The van der Waals surface area contributed by atoms with Crippen LogP contribution in [0.15, 0.2) is 34.9 Å². The molecule has 1 aromatic heterocycles. The maximum atomic E-state index is 4.50. The largest absolute Gasteiger partial charge is 0.259 e. The average Bonchev–Trinajstić information content (AvgIpc) is 2.48. The Labute approximate surface area is 109 Å². The van der Waals surface area contributed by atoms with Crippen LogP contribution in [0.3, 0.4) is 0 Å². The highest BCUT2D eigenvalue weighted by molar-refractivity contribution is 9.10. The van der Waals surface area contributed by atoms with Crippen LogP contribution in [0.2, 0.25) is 0 Å². The number of aromatic nitrogens is 1. The lowest BCUT2D eigenvalue weighted by Gasteiger charge is -2.06. The molecule has 0 unspecified atom stereocenters. The average molecular weight is 286 g/mol. The summed E-state index contributed by atoms with van der Waals surface area (Å²) in [7, 11) is 0. The number of benzene rings is 1. The summed E-state index contributed by atoms with van der Waals surface area (Å²) >= 11 is 3.47. The van der Waals surface area contributed by atoms with Crippen molar-refractivity contribution in [2.75, 3.05) is 0 Å². The SMILES string of the molecule is Cc1ccc2c(c1)C=Cc1cc(Br)cnc1C2. The van der Waals surface area contributed by atoms with E-state index >= 15 is 0 Å². The Kier molecular flexibility index (Phi) is 2.60. The number of nitrogens with zero attached hydrogens (tertiary/aromatic N) is 1. The highest BCUT2D eigenvalue weighted by Gasteiger charge is 2.10. The molecule has 1 aliphatic rings. The zero-order chi connectivity index (χ0) is 11.8. The summed E-state index contributed by atoms with van der Waals surface area (Å²) in [6.45, 7) is 2.13. The monoisotopic (exact) mass is 285 g/mol. The molecule has 2 aromatic rings. The predicted octanol–water partition coefficient (Wildman–Crippen LogP) is 4.23. The molecule has 1 aliphatic carbocycles. The van der Waals surface area contributed by atoms with Gasteiger partial charge in [0.25, 0.3) is 0 Å². The van der Waals surface area contributed by atoms with Gasteiger partial charge in [0.05, 0.1) is 5.69 Å². The third-order valence-electron chi connectivity index (χ3n) is 3.07. The van der Waals surface area contributed by atoms with Crippen molar-refractivity contribution in [2.24, 2.45) is 0 Å². The number of halogens is 1. The van der Waals surface area contributed by atoms with Crippen LogP contribution < -0.4 is 0 Å². The highest BCUT2D eigenvalue weighted by atomic mass is 79.9. The molecule has 17 heavy (non-hydrogen) atoms. The lowest BCUT2D eigenvalue weighted by Crippen LogP contribution is -1.95. The molecule has 0 fully saturated rings. The molecule has 0 radical (unpaired) electrons. The van der Waals surface area contributed by atoms with E-state index in [0.717, 1.165) is 16.6 Å². The van der Waals surface area contributed by atoms with Crippen LogP contribution >= 0.6 is 15.9 Å². The van der Waals surface area contributed by atoms with E-state index in [1.54, 1.807) is 0 Å². The topological polar surface area (TPSA) is 12.9 Å².